The first-order chi connectivity index (χ1) is 21.8. The summed E-state index contributed by atoms with van der Waals surface area (Å²) in [6.45, 7) is 4.42. The van der Waals surface area contributed by atoms with Gasteiger partial charge in [0.05, 0.1) is 24.3 Å². The molecule has 0 aliphatic heterocycles. The molecule has 0 amide bonds. The molecular weight excluding hydrogens is 562 g/mol. The van der Waals surface area contributed by atoms with E-state index in [0.29, 0.717) is 12.8 Å². The van der Waals surface area contributed by atoms with Crippen LogP contribution in [0.3, 0.4) is 0 Å². The predicted molar refractivity (Wildman–Crippen MR) is 179 cm³/mol. The van der Waals surface area contributed by atoms with Crippen molar-refractivity contribution in [3.63, 3.8) is 0 Å². The standard InChI is InChI=1S/C40H58F2N2O/c1-3-5-7-11-19-37(21-13-9-14-22-37)29-39(31-43)25-17-33(27-35(39)41)45-34-18-26-40(32-44,36(42)28-34)30-38(20-12-8-6-4-2)23-15-10-16-24-38/h17-18,25-28,33-34H,3-16,19-24,29-30H2,1-2H3/t33-,34-,39-,40-/m0/s1. The molecule has 4 aliphatic rings. The summed E-state index contributed by atoms with van der Waals surface area (Å²) in [6, 6.07) is 4.69. The second-order valence-electron chi connectivity index (χ2n) is 15.1. The van der Waals surface area contributed by atoms with Crippen molar-refractivity contribution in [1.29, 1.82) is 10.5 Å². The Labute approximate surface area is 272 Å². The zero-order chi connectivity index (χ0) is 32.2. The zero-order valence-corrected chi connectivity index (χ0v) is 28.2. The van der Waals surface area contributed by atoms with Crippen molar-refractivity contribution >= 4 is 0 Å². The average Bonchev–Trinajstić information content (AvgIpc) is 3.05. The highest BCUT2D eigenvalue weighted by Crippen LogP contribution is 2.54. The molecule has 5 heteroatoms. The summed E-state index contributed by atoms with van der Waals surface area (Å²) in [5, 5.41) is 20.6. The SMILES string of the molecule is CCCCCCC1(C[C@]2(C#N)C=C[C@H](O[C@H]3C=C[C@@](C#N)(CC4(CCCCCC)CCCCC4)C(F)=C3)C=C2F)CCCCC1. The van der Waals surface area contributed by atoms with Gasteiger partial charge in [-0.25, -0.2) is 8.78 Å². The molecule has 0 unspecified atom stereocenters. The zero-order valence-electron chi connectivity index (χ0n) is 28.2. The van der Waals surface area contributed by atoms with Crippen LogP contribution >= 0.6 is 0 Å². The van der Waals surface area contributed by atoms with Gasteiger partial charge in [-0.05, 0) is 74.3 Å². The van der Waals surface area contributed by atoms with Crippen LogP contribution in [0.2, 0.25) is 0 Å². The number of unbranched alkanes of at least 4 members (excludes halogenated alkanes) is 6. The molecule has 0 N–H and O–H groups in total. The monoisotopic (exact) mass is 620 g/mol. The third kappa shape index (κ3) is 8.98. The van der Waals surface area contributed by atoms with E-state index in [0.717, 1.165) is 77.0 Å². The first-order valence-corrected chi connectivity index (χ1v) is 18.4. The van der Waals surface area contributed by atoms with Crippen LogP contribution in [0, 0.1) is 44.3 Å². The Balaban J connectivity index is 1.43. The molecule has 4 aliphatic carbocycles. The van der Waals surface area contributed by atoms with E-state index in [4.69, 9.17) is 4.74 Å². The Morgan fingerprint density at radius 2 is 1.04 bits per heavy atom. The highest BCUT2D eigenvalue weighted by atomic mass is 19.1. The maximum Gasteiger partial charge on any atom is 0.127 e. The number of allylic oxidation sites excluding steroid dienone is 4. The topological polar surface area (TPSA) is 56.8 Å². The van der Waals surface area contributed by atoms with Crippen LogP contribution in [0.1, 0.15) is 155 Å². The molecule has 0 heterocycles. The maximum atomic E-state index is 15.9. The number of rotatable bonds is 16. The van der Waals surface area contributed by atoms with Crippen LogP contribution in [0.15, 0.2) is 48.1 Å². The lowest BCUT2D eigenvalue weighted by Gasteiger charge is -2.43. The molecule has 4 atom stereocenters. The van der Waals surface area contributed by atoms with Gasteiger partial charge in [-0.15, -0.1) is 0 Å². The summed E-state index contributed by atoms with van der Waals surface area (Å²) in [6.07, 6.45) is 32.2. The summed E-state index contributed by atoms with van der Waals surface area (Å²) >= 11 is 0. The van der Waals surface area contributed by atoms with Gasteiger partial charge in [0.15, 0.2) is 0 Å². The molecule has 0 aromatic heterocycles. The van der Waals surface area contributed by atoms with Crippen molar-refractivity contribution in [2.24, 2.45) is 21.7 Å². The van der Waals surface area contributed by atoms with Gasteiger partial charge in [0.25, 0.3) is 0 Å². The molecular formula is C40H58F2N2O. The lowest BCUT2D eigenvalue weighted by Crippen LogP contribution is -2.36. The minimum Gasteiger partial charge on any atom is -0.358 e. The van der Waals surface area contributed by atoms with E-state index in [-0.39, 0.29) is 10.8 Å². The Kier molecular flexibility index (Phi) is 13.1. The van der Waals surface area contributed by atoms with E-state index in [1.54, 1.807) is 24.3 Å². The predicted octanol–water partition coefficient (Wildman–Crippen LogP) is 12.2. The minimum atomic E-state index is -1.27. The Bertz CT molecular complexity index is 1070. The molecule has 0 aromatic rings. The Morgan fingerprint density at radius 3 is 1.38 bits per heavy atom. The quantitative estimate of drug-likeness (QED) is 0.127. The van der Waals surface area contributed by atoms with Crippen molar-refractivity contribution in [2.75, 3.05) is 0 Å². The van der Waals surface area contributed by atoms with Gasteiger partial charge in [-0.2, -0.15) is 10.5 Å². The van der Waals surface area contributed by atoms with Crippen molar-refractivity contribution in [3.8, 4) is 12.1 Å². The average molecular weight is 621 g/mol. The lowest BCUT2D eigenvalue weighted by atomic mass is 9.61. The molecule has 0 aromatic carbocycles. The lowest BCUT2D eigenvalue weighted by molar-refractivity contribution is 0.0771. The summed E-state index contributed by atoms with van der Waals surface area (Å²) in [5.74, 6) is -0.900. The fraction of sp³-hybridized carbons (Fsp3) is 0.750. The number of hydrogen-bond donors (Lipinski definition) is 0. The van der Waals surface area contributed by atoms with Crippen LogP contribution in [0.4, 0.5) is 8.78 Å². The number of nitrogens with zero attached hydrogens (tertiary/aromatic N) is 2. The summed E-state index contributed by atoms with van der Waals surface area (Å²) in [4.78, 5) is 0. The second-order valence-corrected chi connectivity index (χ2v) is 15.1. The minimum absolute atomic E-state index is 0.00473. The molecule has 0 radical (unpaired) electrons. The molecule has 248 valence electrons. The van der Waals surface area contributed by atoms with Crippen LogP contribution in [-0.2, 0) is 4.74 Å². The van der Waals surface area contributed by atoms with Gasteiger partial charge < -0.3 is 4.74 Å². The molecule has 4 rings (SSSR count). The van der Waals surface area contributed by atoms with Gasteiger partial charge in [-0.1, -0.05) is 128 Å². The molecule has 0 saturated heterocycles. The van der Waals surface area contributed by atoms with E-state index < -0.39 is 34.7 Å². The normalized spacial score (nSPS) is 30.6. The third-order valence-corrected chi connectivity index (χ3v) is 11.6. The molecule has 45 heavy (non-hydrogen) atoms. The van der Waals surface area contributed by atoms with E-state index in [1.165, 1.54) is 63.5 Å². The fourth-order valence-electron chi connectivity index (χ4n) is 8.94. The van der Waals surface area contributed by atoms with Gasteiger partial charge >= 0.3 is 0 Å². The van der Waals surface area contributed by atoms with Crippen molar-refractivity contribution in [3.05, 3.63) is 48.1 Å². The fourth-order valence-corrected chi connectivity index (χ4v) is 8.94. The number of ether oxygens (including phenoxy) is 1. The maximum absolute atomic E-state index is 15.9. The summed E-state index contributed by atoms with van der Waals surface area (Å²) in [7, 11) is 0. The van der Waals surface area contributed by atoms with E-state index >= 15 is 8.78 Å². The van der Waals surface area contributed by atoms with Gasteiger partial charge in [0, 0.05) is 0 Å². The third-order valence-electron chi connectivity index (χ3n) is 11.6. The second kappa shape index (κ2) is 16.5. The summed E-state index contributed by atoms with van der Waals surface area (Å²) < 4.78 is 38.0. The molecule has 0 bridgehead atoms. The molecule has 3 nitrogen and oxygen atoms in total. The highest BCUT2D eigenvalue weighted by molar-refractivity contribution is 5.37. The van der Waals surface area contributed by atoms with Crippen LogP contribution in [0.5, 0.6) is 0 Å². The van der Waals surface area contributed by atoms with Crippen molar-refractivity contribution in [2.45, 2.75) is 167 Å². The van der Waals surface area contributed by atoms with E-state index in [2.05, 4.69) is 26.0 Å². The number of nitriles is 2. The van der Waals surface area contributed by atoms with Crippen LogP contribution < -0.4 is 0 Å². The highest BCUT2D eigenvalue weighted by Gasteiger charge is 2.47. The largest absolute Gasteiger partial charge is 0.358 e. The van der Waals surface area contributed by atoms with Gasteiger partial charge in [0.1, 0.15) is 22.5 Å². The van der Waals surface area contributed by atoms with Gasteiger partial charge in [-0.3, -0.25) is 0 Å². The van der Waals surface area contributed by atoms with E-state index in [9.17, 15) is 10.5 Å². The first kappa shape index (κ1) is 35.6. The molecule has 0 spiro atoms. The van der Waals surface area contributed by atoms with Crippen LogP contribution in [-0.4, -0.2) is 12.2 Å². The molecule has 2 saturated carbocycles. The number of halogens is 2. The van der Waals surface area contributed by atoms with Crippen molar-refractivity contribution < 1.29 is 13.5 Å². The summed E-state index contributed by atoms with van der Waals surface area (Å²) in [5.41, 5.74) is -2.55. The Hall–Kier alpha value is -2.24. The molecule has 2 fully saturated rings. The van der Waals surface area contributed by atoms with Crippen LogP contribution in [0.25, 0.3) is 0 Å². The van der Waals surface area contributed by atoms with E-state index in [1.807, 2.05) is 0 Å². The first-order valence-electron chi connectivity index (χ1n) is 18.4. The smallest absolute Gasteiger partial charge is 0.127 e. The van der Waals surface area contributed by atoms with Gasteiger partial charge in [0.2, 0.25) is 0 Å². The van der Waals surface area contributed by atoms with Crippen molar-refractivity contribution in [1.82, 2.24) is 0 Å². The Morgan fingerprint density at radius 1 is 0.644 bits per heavy atom. The number of hydrogen-bond acceptors (Lipinski definition) is 3.